The number of hydrogen-bond donors (Lipinski definition) is 0. The topological polar surface area (TPSA) is 18.5 Å². The average molecular weight is 519 g/mol. The third-order valence-electron chi connectivity index (χ3n) is 9.61. The zero-order chi connectivity index (χ0) is 25.4. The predicted molar refractivity (Wildman–Crippen MR) is 158 cm³/mol. The van der Waals surface area contributed by atoms with Crippen LogP contribution in [0, 0.1) is 23.2 Å². The van der Waals surface area contributed by atoms with Crippen molar-refractivity contribution in [3.8, 4) is 0 Å². The molecule has 0 spiro atoms. The molecule has 0 unspecified atom stereocenters. The lowest BCUT2D eigenvalue weighted by Gasteiger charge is -2.57. The van der Waals surface area contributed by atoms with Crippen LogP contribution in [-0.4, -0.2) is 21.8 Å². The SMILES string of the molecule is CCCCCCCCCCCO[Si](OCC12CC3CC(CC(C3)C1)C2)(c1ccccc1)c1ccccc1. The van der Waals surface area contributed by atoms with E-state index in [1.54, 1.807) is 0 Å². The standard InChI is InChI=1S/C34H50O2Si/c1-2-3-4-5-6-7-8-9-16-21-35-37(32-17-12-10-13-18-32,33-19-14-11-15-20-33)36-28-34-25-29-22-30(26-34)24-31(23-29)27-34/h10-15,17-20,29-31H,2-9,16,21-28H2,1H3. The van der Waals surface area contributed by atoms with E-state index in [9.17, 15) is 0 Å². The molecule has 0 aliphatic heterocycles. The molecule has 6 rings (SSSR count). The van der Waals surface area contributed by atoms with E-state index in [0.717, 1.165) is 37.4 Å². The normalized spacial score (nSPS) is 26.6. The highest BCUT2D eigenvalue weighted by molar-refractivity contribution is 6.92. The number of benzene rings is 2. The van der Waals surface area contributed by atoms with Crippen molar-refractivity contribution in [3.63, 3.8) is 0 Å². The Morgan fingerprint density at radius 3 is 1.57 bits per heavy atom. The second kappa shape index (κ2) is 13.1. The predicted octanol–water partition coefficient (Wildman–Crippen LogP) is 8.02. The highest BCUT2D eigenvalue weighted by Crippen LogP contribution is 2.60. The second-order valence-electron chi connectivity index (χ2n) is 12.7. The smallest absolute Gasteiger partial charge is 0.388 e. The fourth-order valence-electron chi connectivity index (χ4n) is 8.21. The van der Waals surface area contributed by atoms with E-state index in [1.165, 1.54) is 100 Å². The van der Waals surface area contributed by atoms with E-state index < -0.39 is 8.56 Å². The highest BCUT2D eigenvalue weighted by Gasteiger charge is 2.53. The Hall–Kier alpha value is -1.42. The molecule has 2 nitrogen and oxygen atoms in total. The molecule has 37 heavy (non-hydrogen) atoms. The van der Waals surface area contributed by atoms with Gasteiger partial charge in [0.1, 0.15) is 0 Å². The van der Waals surface area contributed by atoms with Gasteiger partial charge in [-0.05, 0) is 78.5 Å². The summed E-state index contributed by atoms with van der Waals surface area (Å²) in [6.07, 6.45) is 20.6. The molecule has 0 saturated heterocycles. The van der Waals surface area contributed by atoms with Gasteiger partial charge in [0.2, 0.25) is 0 Å². The van der Waals surface area contributed by atoms with Gasteiger partial charge in [-0.1, -0.05) is 119 Å². The summed E-state index contributed by atoms with van der Waals surface area (Å²) >= 11 is 0. The minimum atomic E-state index is -2.79. The van der Waals surface area contributed by atoms with Crippen LogP contribution in [0.5, 0.6) is 0 Å². The summed E-state index contributed by atoms with van der Waals surface area (Å²) in [5, 5.41) is 2.53. The van der Waals surface area contributed by atoms with Gasteiger partial charge in [-0.15, -0.1) is 0 Å². The molecule has 0 amide bonds. The lowest BCUT2D eigenvalue weighted by Crippen LogP contribution is -2.65. The van der Waals surface area contributed by atoms with Gasteiger partial charge >= 0.3 is 8.56 Å². The van der Waals surface area contributed by atoms with Crippen LogP contribution in [0.1, 0.15) is 103 Å². The average Bonchev–Trinajstić information content (AvgIpc) is 2.92. The molecule has 0 heterocycles. The first-order valence-corrected chi connectivity index (χ1v) is 17.4. The molecule has 4 aliphatic carbocycles. The maximum atomic E-state index is 7.29. The molecule has 0 N–H and O–H groups in total. The summed E-state index contributed by atoms with van der Waals surface area (Å²) in [6, 6.07) is 21.9. The summed E-state index contributed by atoms with van der Waals surface area (Å²) in [7, 11) is -2.79. The third kappa shape index (κ3) is 6.78. The molecule has 4 bridgehead atoms. The van der Waals surface area contributed by atoms with Crippen LogP contribution in [0.3, 0.4) is 0 Å². The van der Waals surface area contributed by atoms with Gasteiger partial charge < -0.3 is 8.85 Å². The molecule has 0 radical (unpaired) electrons. The van der Waals surface area contributed by atoms with Crippen LogP contribution in [0.15, 0.2) is 60.7 Å². The van der Waals surface area contributed by atoms with E-state index in [4.69, 9.17) is 8.85 Å². The molecule has 0 atom stereocenters. The highest BCUT2D eigenvalue weighted by atomic mass is 28.4. The Balaban J connectivity index is 1.26. The summed E-state index contributed by atoms with van der Waals surface area (Å²) in [6.45, 7) is 3.97. The van der Waals surface area contributed by atoms with Crippen LogP contribution in [-0.2, 0) is 8.85 Å². The second-order valence-corrected chi connectivity index (χ2v) is 15.7. The minimum Gasteiger partial charge on any atom is -0.388 e. The first-order chi connectivity index (χ1) is 18.2. The van der Waals surface area contributed by atoms with Gasteiger partial charge in [0.25, 0.3) is 0 Å². The Bertz CT molecular complexity index is 853. The number of hydrogen-bond acceptors (Lipinski definition) is 2. The van der Waals surface area contributed by atoms with Gasteiger partial charge in [-0.3, -0.25) is 0 Å². The van der Waals surface area contributed by atoms with Crippen molar-refractivity contribution in [1.82, 2.24) is 0 Å². The van der Waals surface area contributed by atoms with Crippen molar-refractivity contribution < 1.29 is 8.85 Å². The van der Waals surface area contributed by atoms with Crippen molar-refractivity contribution >= 4 is 18.9 Å². The molecule has 0 aromatic heterocycles. The maximum Gasteiger partial charge on any atom is 0.407 e. The zero-order valence-electron chi connectivity index (χ0n) is 23.3. The van der Waals surface area contributed by atoms with E-state index in [-0.39, 0.29) is 0 Å². The first kappa shape index (κ1) is 27.2. The van der Waals surface area contributed by atoms with E-state index >= 15 is 0 Å². The van der Waals surface area contributed by atoms with E-state index in [2.05, 4.69) is 67.6 Å². The number of rotatable bonds is 16. The fourth-order valence-corrected chi connectivity index (χ4v) is 11.5. The summed E-state index contributed by atoms with van der Waals surface area (Å²) in [5.41, 5.74) is 0.387. The zero-order valence-corrected chi connectivity index (χ0v) is 24.3. The van der Waals surface area contributed by atoms with E-state index in [0.29, 0.717) is 5.41 Å². The lowest BCUT2D eigenvalue weighted by molar-refractivity contribution is -0.0792. The van der Waals surface area contributed by atoms with Crippen LogP contribution in [0.4, 0.5) is 0 Å². The van der Waals surface area contributed by atoms with Crippen LogP contribution in [0.2, 0.25) is 0 Å². The monoisotopic (exact) mass is 518 g/mol. The number of unbranched alkanes of at least 4 members (excludes halogenated alkanes) is 8. The molecule has 3 heteroatoms. The summed E-state index contributed by atoms with van der Waals surface area (Å²) < 4.78 is 14.3. The van der Waals surface area contributed by atoms with Gasteiger partial charge in [-0.2, -0.15) is 0 Å². The molecule has 2 aromatic rings. The molecule has 4 aliphatic rings. The molecule has 4 fully saturated rings. The van der Waals surface area contributed by atoms with Crippen molar-refractivity contribution in [2.45, 2.75) is 103 Å². The van der Waals surface area contributed by atoms with Crippen LogP contribution in [0.25, 0.3) is 0 Å². The molecule has 202 valence electrons. The molecular weight excluding hydrogens is 468 g/mol. The first-order valence-electron chi connectivity index (χ1n) is 15.6. The van der Waals surface area contributed by atoms with Gasteiger partial charge in [-0.25, -0.2) is 0 Å². The lowest BCUT2D eigenvalue weighted by atomic mass is 9.50. The van der Waals surface area contributed by atoms with Gasteiger partial charge in [0.15, 0.2) is 0 Å². The van der Waals surface area contributed by atoms with Crippen molar-refractivity contribution in [2.75, 3.05) is 13.2 Å². The quantitative estimate of drug-likeness (QED) is 0.165. The molecule has 4 saturated carbocycles. The minimum absolute atomic E-state index is 0.387. The van der Waals surface area contributed by atoms with Gasteiger partial charge in [0, 0.05) is 13.2 Å². The largest absolute Gasteiger partial charge is 0.407 e. The van der Waals surface area contributed by atoms with Crippen molar-refractivity contribution in [3.05, 3.63) is 60.7 Å². The Labute approximate surface area is 227 Å². The molecule has 2 aromatic carbocycles. The van der Waals surface area contributed by atoms with Crippen molar-refractivity contribution in [2.24, 2.45) is 23.2 Å². The third-order valence-corrected chi connectivity index (χ3v) is 13.0. The Morgan fingerprint density at radius 2 is 1.08 bits per heavy atom. The maximum absolute atomic E-state index is 7.29. The molecular formula is C34H50O2Si. The summed E-state index contributed by atoms with van der Waals surface area (Å²) in [5.74, 6) is 2.84. The Kier molecular flexibility index (Phi) is 9.61. The van der Waals surface area contributed by atoms with Crippen LogP contribution >= 0.6 is 0 Å². The fraction of sp³-hybridized carbons (Fsp3) is 0.647. The Morgan fingerprint density at radius 1 is 0.622 bits per heavy atom. The summed E-state index contributed by atoms with van der Waals surface area (Å²) in [4.78, 5) is 0. The van der Waals surface area contributed by atoms with Crippen molar-refractivity contribution in [1.29, 1.82) is 0 Å². The van der Waals surface area contributed by atoms with E-state index in [1.807, 2.05) is 0 Å². The van der Waals surface area contributed by atoms with Crippen LogP contribution < -0.4 is 10.4 Å². The van der Waals surface area contributed by atoms with Gasteiger partial charge in [0.05, 0.1) is 0 Å².